The molecule has 0 spiro atoms. The highest BCUT2D eigenvalue weighted by molar-refractivity contribution is 6.07. The van der Waals surface area contributed by atoms with E-state index in [0.29, 0.717) is 17.1 Å². The van der Waals surface area contributed by atoms with Crippen LogP contribution in [0.2, 0.25) is 0 Å². The largest absolute Gasteiger partial charge is 0.479 e. The van der Waals surface area contributed by atoms with E-state index >= 15 is 0 Å². The van der Waals surface area contributed by atoms with Crippen molar-refractivity contribution in [1.82, 2.24) is 0 Å². The van der Waals surface area contributed by atoms with E-state index < -0.39 is 35.6 Å². The molecule has 0 atom stereocenters. The third kappa shape index (κ3) is 3.86. The van der Waals surface area contributed by atoms with E-state index in [2.05, 4.69) is 0 Å². The first-order chi connectivity index (χ1) is 14.4. The van der Waals surface area contributed by atoms with Crippen molar-refractivity contribution >= 4 is 11.9 Å². The molecular weight excluding hydrogens is 408 g/mol. The van der Waals surface area contributed by atoms with E-state index in [1.165, 1.54) is 24.3 Å². The van der Waals surface area contributed by atoms with Gasteiger partial charge in [0.2, 0.25) is 18.4 Å². The van der Waals surface area contributed by atoms with Crippen molar-refractivity contribution < 1.29 is 41.0 Å². The first-order valence-corrected chi connectivity index (χ1v) is 8.59. The average molecular weight is 420 g/mol. The molecule has 0 fully saturated rings. The Labute approximate surface area is 167 Å². The minimum Gasteiger partial charge on any atom is -0.479 e. The molecule has 1 aliphatic heterocycles. The molecule has 0 radical (unpaired) electrons. The van der Waals surface area contributed by atoms with Gasteiger partial charge in [-0.1, -0.05) is 0 Å². The Hall–Kier alpha value is -3.75. The number of carbonyl (C=O) groups excluding carboxylic acids is 1. The lowest BCUT2D eigenvalue weighted by Crippen LogP contribution is -2.03. The molecule has 0 N–H and O–H groups in total. The Morgan fingerprint density at radius 2 is 1.70 bits per heavy atom. The maximum atomic E-state index is 13.6. The molecule has 5 nitrogen and oxygen atoms in total. The van der Waals surface area contributed by atoms with E-state index in [9.17, 15) is 22.4 Å². The number of ether oxygens (including phenoxy) is 3. The fourth-order valence-corrected chi connectivity index (χ4v) is 2.69. The number of allylic oxidation sites excluding steroid dienone is 1. The van der Waals surface area contributed by atoms with Gasteiger partial charge in [0, 0.05) is 11.6 Å². The second-order valence-corrected chi connectivity index (χ2v) is 6.16. The molecule has 0 aliphatic carbocycles. The van der Waals surface area contributed by atoms with Crippen molar-refractivity contribution in [2.24, 2.45) is 0 Å². The normalized spacial score (nSPS) is 12.5. The van der Waals surface area contributed by atoms with Crippen molar-refractivity contribution in [2.45, 2.75) is 6.61 Å². The molecule has 0 saturated carbocycles. The lowest BCUT2D eigenvalue weighted by atomic mass is 10.1. The minimum absolute atomic E-state index is 0.0878. The van der Waals surface area contributed by atoms with Crippen molar-refractivity contribution in [2.75, 3.05) is 6.79 Å². The topological polar surface area (TPSA) is 57.9 Å². The minimum atomic E-state index is -1.64. The number of rotatable bonds is 6. The lowest BCUT2D eigenvalue weighted by molar-refractivity contribution is 0.104. The second-order valence-electron chi connectivity index (χ2n) is 6.16. The number of halogens is 4. The summed E-state index contributed by atoms with van der Waals surface area (Å²) in [4.78, 5) is 12.3. The summed E-state index contributed by atoms with van der Waals surface area (Å²) in [5.74, 6) is -6.53. The zero-order chi connectivity index (χ0) is 21.3. The van der Waals surface area contributed by atoms with Crippen LogP contribution >= 0.6 is 0 Å². The molecule has 1 aliphatic rings. The zero-order valence-electron chi connectivity index (χ0n) is 15.1. The van der Waals surface area contributed by atoms with E-state index in [-0.39, 0.29) is 30.2 Å². The van der Waals surface area contributed by atoms with Gasteiger partial charge in [-0.15, -0.1) is 0 Å². The smallest absolute Gasteiger partial charge is 0.231 e. The highest BCUT2D eigenvalue weighted by Crippen LogP contribution is 2.32. The van der Waals surface area contributed by atoms with E-state index in [1.807, 2.05) is 0 Å². The van der Waals surface area contributed by atoms with Crippen LogP contribution in [0.3, 0.4) is 0 Å². The molecule has 0 unspecified atom stereocenters. The molecule has 2 aromatic carbocycles. The van der Waals surface area contributed by atoms with Gasteiger partial charge >= 0.3 is 0 Å². The van der Waals surface area contributed by atoms with Gasteiger partial charge < -0.3 is 18.6 Å². The van der Waals surface area contributed by atoms with Crippen LogP contribution in [-0.4, -0.2) is 12.6 Å². The summed E-state index contributed by atoms with van der Waals surface area (Å²) in [7, 11) is 0. The molecule has 1 aromatic heterocycles. The monoisotopic (exact) mass is 420 g/mol. The summed E-state index contributed by atoms with van der Waals surface area (Å²) in [6, 6.07) is 7.77. The van der Waals surface area contributed by atoms with Gasteiger partial charge in [-0.2, -0.15) is 8.78 Å². The number of carbonyl (C=O) groups is 1. The van der Waals surface area contributed by atoms with Crippen molar-refractivity contribution in [3.63, 3.8) is 0 Å². The molecule has 0 amide bonds. The van der Waals surface area contributed by atoms with E-state index in [4.69, 9.17) is 18.6 Å². The fraction of sp³-hybridized carbons (Fsp3) is 0.0952. The van der Waals surface area contributed by atoms with Gasteiger partial charge in [-0.3, -0.25) is 4.79 Å². The summed E-state index contributed by atoms with van der Waals surface area (Å²) < 4.78 is 74.2. The Morgan fingerprint density at radius 3 is 2.47 bits per heavy atom. The number of benzene rings is 2. The summed E-state index contributed by atoms with van der Waals surface area (Å²) in [5.41, 5.74) is 0.379. The third-order valence-corrected chi connectivity index (χ3v) is 4.17. The van der Waals surface area contributed by atoms with Crippen LogP contribution in [0.15, 0.2) is 46.9 Å². The van der Waals surface area contributed by atoms with Gasteiger partial charge in [0.1, 0.15) is 18.1 Å². The maximum absolute atomic E-state index is 13.6. The molecule has 9 heteroatoms. The van der Waals surface area contributed by atoms with Crippen LogP contribution in [-0.2, 0) is 6.61 Å². The summed E-state index contributed by atoms with van der Waals surface area (Å²) >= 11 is 0. The SMILES string of the molecule is O=C(/C=C/c1ccc(COc2c(F)c(F)cc(F)c2F)o1)c1ccc2c(c1)OCO2. The van der Waals surface area contributed by atoms with Crippen molar-refractivity contribution in [1.29, 1.82) is 0 Å². The predicted molar refractivity (Wildman–Crippen MR) is 95.2 cm³/mol. The summed E-state index contributed by atoms with van der Waals surface area (Å²) in [5, 5.41) is 0. The number of ketones is 1. The Morgan fingerprint density at radius 1 is 0.967 bits per heavy atom. The van der Waals surface area contributed by atoms with E-state index in [0.717, 1.165) is 0 Å². The number of fused-ring (bicyclic) bond motifs is 1. The number of hydrogen-bond donors (Lipinski definition) is 0. The van der Waals surface area contributed by atoms with Crippen LogP contribution in [0.5, 0.6) is 17.2 Å². The first-order valence-electron chi connectivity index (χ1n) is 8.59. The van der Waals surface area contributed by atoms with Crippen LogP contribution in [0.4, 0.5) is 17.6 Å². The molecule has 4 rings (SSSR count). The fourth-order valence-electron chi connectivity index (χ4n) is 2.69. The number of hydrogen-bond acceptors (Lipinski definition) is 5. The Kier molecular flexibility index (Phi) is 5.18. The van der Waals surface area contributed by atoms with Crippen LogP contribution in [0.25, 0.3) is 6.08 Å². The summed E-state index contributed by atoms with van der Waals surface area (Å²) in [6.07, 6.45) is 2.65. The van der Waals surface area contributed by atoms with Gasteiger partial charge in [-0.05, 0) is 42.5 Å². The lowest BCUT2D eigenvalue weighted by Gasteiger charge is -2.08. The highest BCUT2D eigenvalue weighted by Gasteiger charge is 2.21. The molecule has 30 heavy (non-hydrogen) atoms. The molecule has 154 valence electrons. The predicted octanol–water partition coefficient (Wildman–Crippen LogP) is 5.04. The summed E-state index contributed by atoms with van der Waals surface area (Å²) in [6.45, 7) is -0.392. The van der Waals surface area contributed by atoms with Gasteiger partial charge in [0.05, 0.1) is 0 Å². The Bertz CT molecular complexity index is 1130. The molecular formula is C21H12F4O5. The molecule has 3 aromatic rings. The standard InChI is InChI=1S/C21H12F4O5/c22-14-8-15(23)20(25)21(19(14)24)27-9-13-3-2-12(30-13)4-5-16(26)11-1-6-17-18(7-11)29-10-28-17/h1-8H,9-10H2/b5-4+. The van der Waals surface area contributed by atoms with Gasteiger partial charge in [0.25, 0.3) is 0 Å². The second kappa shape index (κ2) is 7.94. The van der Waals surface area contributed by atoms with E-state index in [1.54, 1.807) is 18.2 Å². The quantitative estimate of drug-likeness (QED) is 0.242. The van der Waals surface area contributed by atoms with Crippen molar-refractivity contribution in [3.8, 4) is 17.2 Å². The third-order valence-electron chi connectivity index (χ3n) is 4.17. The van der Waals surface area contributed by atoms with Crippen LogP contribution in [0, 0.1) is 23.3 Å². The Balaban J connectivity index is 1.42. The number of furan rings is 1. The van der Waals surface area contributed by atoms with Gasteiger partial charge in [0.15, 0.2) is 34.7 Å². The molecule has 2 heterocycles. The average Bonchev–Trinajstić information content (AvgIpc) is 3.39. The van der Waals surface area contributed by atoms with Gasteiger partial charge in [-0.25, -0.2) is 8.78 Å². The van der Waals surface area contributed by atoms with Crippen LogP contribution in [0.1, 0.15) is 21.9 Å². The van der Waals surface area contributed by atoms with Crippen molar-refractivity contribution in [3.05, 3.63) is 82.8 Å². The first kappa shape index (κ1) is 19.6. The molecule has 0 saturated heterocycles. The maximum Gasteiger partial charge on any atom is 0.231 e. The molecule has 0 bridgehead atoms. The highest BCUT2D eigenvalue weighted by atomic mass is 19.2. The zero-order valence-corrected chi connectivity index (χ0v) is 15.1. The van der Waals surface area contributed by atoms with Crippen LogP contribution < -0.4 is 14.2 Å².